The second-order valence-electron chi connectivity index (χ2n) is 3.73. The molecule has 2 heterocycles. The Labute approximate surface area is 93.4 Å². The van der Waals surface area contributed by atoms with Crippen molar-refractivity contribution in [1.82, 2.24) is 9.97 Å². The van der Waals surface area contributed by atoms with Gasteiger partial charge >= 0.3 is 0 Å². The average Bonchev–Trinajstić information content (AvgIpc) is 2.82. The molecular formula is C13H12N3+. The minimum atomic E-state index is 0.772. The third-order valence-corrected chi connectivity index (χ3v) is 2.66. The van der Waals surface area contributed by atoms with E-state index in [1.807, 2.05) is 6.20 Å². The van der Waals surface area contributed by atoms with Gasteiger partial charge in [-0.15, -0.1) is 0 Å². The number of para-hydroxylation sites is 1. The van der Waals surface area contributed by atoms with Gasteiger partial charge in [-0.3, -0.25) is 0 Å². The first-order valence-corrected chi connectivity index (χ1v) is 5.29. The van der Waals surface area contributed by atoms with Crippen molar-refractivity contribution in [3.05, 3.63) is 60.8 Å². The zero-order valence-electron chi connectivity index (χ0n) is 8.80. The number of imidazole rings is 1. The summed E-state index contributed by atoms with van der Waals surface area (Å²) in [5.74, 6) is 0.973. The molecule has 0 radical (unpaired) electrons. The Kier molecular flexibility index (Phi) is 2.14. The van der Waals surface area contributed by atoms with Crippen LogP contribution in [0.5, 0.6) is 0 Å². The van der Waals surface area contributed by atoms with Gasteiger partial charge in [0, 0.05) is 29.9 Å². The second-order valence-corrected chi connectivity index (χ2v) is 3.73. The number of hydrogen-bond donors (Lipinski definition) is 1. The maximum absolute atomic E-state index is 4.24. The molecule has 1 N–H and O–H groups in total. The van der Waals surface area contributed by atoms with E-state index in [2.05, 4.69) is 57.1 Å². The van der Waals surface area contributed by atoms with E-state index in [9.17, 15) is 0 Å². The molecule has 0 fully saturated rings. The van der Waals surface area contributed by atoms with Crippen LogP contribution in [0.3, 0.4) is 0 Å². The Morgan fingerprint density at radius 2 is 2.00 bits per heavy atom. The minimum absolute atomic E-state index is 0.772. The number of nitrogens with one attached hydrogen (secondary N) is 1. The van der Waals surface area contributed by atoms with Crippen molar-refractivity contribution in [3.8, 4) is 0 Å². The van der Waals surface area contributed by atoms with Crippen LogP contribution in [0, 0.1) is 0 Å². The molecule has 3 aromatic rings. The summed E-state index contributed by atoms with van der Waals surface area (Å²) in [6.07, 6.45) is 5.70. The largest absolute Gasteiger partial charge is 0.343 e. The van der Waals surface area contributed by atoms with Gasteiger partial charge in [-0.05, 0) is 12.1 Å². The van der Waals surface area contributed by atoms with Gasteiger partial charge in [-0.2, -0.15) is 4.57 Å². The summed E-state index contributed by atoms with van der Waals surface area (Å²) in [6.45, 7) is 0.772. The maximum atomic E-state index is 4.24. The number of pyridine rings is 1. The molecule has 3 rings (SSSR count). The number of benzene rings is 1. The molecule has 0 aliphatic rings. The molecule has 0 amide bonds. The van der Waals surface area contributed by atoms with Crippen LogP contribution in [0.4, 0.5) is 0 Å². The normalized spacial score (nSPS) is 10.8. The van der Waals surface area contributed by atoms with Gasteiger partial charge in [0.2, 0.25) is 12.1 Å². The molecule has 0 saturated heterocycles. The fourth-order valence-electron chi connectivity index (χ4n) is 1.90. The van der Waals surface area contributed by atoms with Crippen LogP contribution < -0.4 is 4.57 Å². The van der Waals surface area contributed by atoms with Gasteiger partial charge in [0.25, 0.3) is 0 Å². The Balaban J connectivity index is 2.10. The topological polar surface area (TPSA) is 32.6 Å². The van der Waals surface area contributed by atoms with Crippen molar-refractivity contribution < 1.29 is 4.57 Å². The molecule has 0 aliphatic carbocycles. The summed E-state index contributed by atoms with van der Waals surface area (Å²) in [5.41, 5.74) is 1.22. The van der Waals surface area contributed by atoms with E-state index in [0.29, 0.717) is 0 Å². The predicted octanol–water partition coefficient (Wildman–Crippen LogP) is 1.90. The molecule has 2 aromatic heterocycles. The van der Waals surface area contributed by atoms with Crippen molar-refractivity contribution in [3.63, 3.8) is 0 Å². The lowest BCUT2D eigenvalue weighted by Crippen LogP contribution is -2.35. The number of rotatable bonds is 2. The van der Waals surface area contributed by atoms with Gasteiger partial charge in [-0.25, -0.2) is 4.98 Å². The van der Waals surface area contributed by atoms with E-state index in [0.717, 1.165) is 12.4 Å². The summed E-state index contributed by atoms with van der Waals surface area (Å²) < 4.78 is 2.19. The van der Waals surface area contributed by atoms with E-state index in [4.69, 9.17) is 0 Å². The van der Waals surface area contributed by atoms with Crippen molar-refractivity contribution in [2.24, 2.45) is 0 Å². The SMILES string of the molecule is c1ccc2c(c1)ccc[n+]2Cc1ncc[nH]1. The molecular weight excluding hydrogens is 198 g/mol. The zero-order valence-corrected chi connectivity index (χ0v) is 8.80. The van der Waals surface area contributed by atoms with Crippen molar-refractivity contribution in [1.29, 1.82) is 0 Å². The molecule has 0 saturated carbocycles. The van der Waals surface area contributed by atoms with Crippen LogP contribution in [-0.4, -0.2) is 9.97 Å². The lowest BCUT2D eigenvalue weighted by molar-refractivity contribution is -0.663. The first-order valence-electron chi connectivity index (χ1n) is 5.29. The fraction of sp³-hybridized carbons (Fsp3) is 0.0769. The minimum Gasteiger partial charge on any atom is -0.343 e. The molecule has 3 heteroatoms. The van der Waals surface area contributed by atoms with Crippen LogP contribution in [0.1, 0.15) is 5.82 Å². The number of fused-ring (bicyclic) bond motifs is 1. The molecule has 0 aliphatic heterocycles. The predicted molar refractivity (Wildman–Crippen MR) is 61.8 cm³/mol. The zero-order chi connectivity index (χ0) is 10.8. The second kappa shape index (κ2) is 3.77. The van der Waals surface area contributed by atoms with Crippen molar-refractivity contribution in [2.45, 2.75) is 6.54 Å². The van der Waals surface area contributed by atoms with E-state index < -0.39 is 0 Å². The van der Waals surface area contributed by atoms with Crippen LogP contribution in [0.2, 0.25) is 0 Å². The molecule has 3 nitrogen and oxygen atoms in total. The summed E-state index contributed by atoms with van der Waals surface area (Å²) >= 11 is 0. The molecule has 1 aromatic carbocycles. The molecule has 78 valence electrons. The first-order chi connectivity index (χ1) is 7.93. The molecule has 0 unspecified atom stereocenters. The number of hydrogen-bond acceptors (Lipinski definition) is 1. The molecule has 0 bridgehead atoms. The van der Waals surface area contributed by atoms with Crippen LogP contribution in [-0.2, 0) is 6.54 Å². The van der Waals surface area contributed by atoms with Crippen molar-refractivity contribution in [2.75, 3.05) is 0 Å². The fourth-order valence-corrected chi connectivity index (χ4v) is 1.90. The Morgan fingerprint density at radius 1 is 1.12 bits per heavy atom. The summed E-state index contributed by atoms with van der Waals surface area (Å²) in [7, 11) is 0. The van der Waals surface area contributed by atoms with Gasteiger partial charge in [0.05, 0.1) is 0 Å². The average molecular weight is 210 g/mol. The lowest BCUT2D eigenvalue weighted by atomic mass is 10.2. The third-order valence-electron chi connectivity index (χ3n) is 2.66. The van der Waals surface area contributed by atoms with Crippen LogP contribution in [0.25, 0.3) is 10.9 Å². The van der Waals surface area contributed by atoms with Gasteiger partial charge in [-0.1, -0.05) is 12.1 Å². The van der Waals surface area contributed by atoms with Crippen LogP contribution >= 0.6 is 0 Å². The Hall–Kier alpha value is -2.16. The Bertz CT molecular complexity index is 594. The first kappa shape index (κ1) is 9.09. The van der Waals surface area contributed by atoms with E-state index in [1.165, 1.54) is 10.9 Å². The van der Waals surface area contributed by atoms with Crippen molar-refractivity contribution >= 4 is 10.9 Å². The third kappa shape index (κ3) is 1.56. The number of aromatic amines is 1. The monoisotopic (exact) mass is 210 g/mol. The summed E-state index contributed by atoms with van der Waals surface area (Å²) in [5, 5.41) is 1.25. The number of nitrogens with zero attached hydrogens (tertiary/aromatic N) is 2. The van der Waals surface area contributed by atoms with Gasteiger partial charge in [0.15, 0.2) is 12.0 Å². The highest BCUT2D eigenvalue weighted by Crippen LogP contribution is 2.08. The molecule has 0 spiro atoms. The van der Waals surface area contributed by atoms with E-state index >= 15 is 0 Å². The number of H-pyrrole nitrogens is 1. The standard InChI is InChI=1S/C13H12N3/c1-2-6-12-11(4-1)5-3-9-16(12)10-13-14-7-8-15-13/h1-9H,10H2,(H,14,15)/q+1. The molecule has 0 atom stereocenters. The highest BCUT2D eigenvalue weighted by Gasteiger charge is 2.09. The number of aromatic nitrogens is 3. The van der Waals surface area contributed by atoms with E-state index in [-0.39, 0.29) is 0 Å². The summed E-state index contributed by atoms with van der Waals surface area (Å²) in [6, 6.07) is 12.5. The molecule has 16 heavy (non-hydrogen) atoms. The lowest BCUT2D eigenvalue weighted by Gasteiger charge is -1.98. The van der Waals surface area contributed by atoms with Gasteiger partial charge < -0.3 is 4.98 Å². The van der Waals surface area contributed by atoms with E-state index in [1.54, 1.807) is 6.20 Å². The maximum Gasteiger partial charge on any atom is 0.212 e. The van der Waals surface area contributed by atoms with Crippen LogP contribution in [0.15, 0.2) is 55.0 Å². The Morgan fingerprint density at radius 3 is 2.88 bits per heavy atom. The summed E-state index contributed by atoms with van der Waals surface area (Å²) in [4.78, 5) is 7.36. The highest BCUT2D eigenvalue weighted by molar-refractivity contribution is 5.74. The smallest absolute Gasteiger partial charge is 0.212 e. The van der Waals surface area contributed by atoms with Gasteiger partial charge in [0.1, 0.15) is 0 Å². The highest BCUT2D eigenvalue weighted by atomic mass is 15.0. The quantitative estimate of drug-likeness (QED) is 0.644.